The zero-order valence-corrected chi connectivity index (χ0v) is 16.2. The average molecular weight is 384 g/mol. The highest BCUT2D eigenvalue weighted by atomic mass is 35.5. The summed E-state index contributed by atoms with van der Waals surface area (Å²) < 4.78 is 0. The van der Waals surface area contributed by atoms with Gasteiger partial charge in [0.1, 0.15) is 11.7 Å². The lowest BCUT2D eigenvalue weighted by molar-refractivity contribution is 0.0103. The summed E-state index contributed by atoms with van der Waals surface area (Å²) in [5.74, 6) is 0. The maximum absolute atomic E-state index is 12.1. The largest absolute Gasteiger partial charge is 0.465 e. The number of nitriles is 1. The molecule has 1 amide bonds. The van der Waals surface area contributed by atoms with Crippen molar-refractivity contribution < 1.29 is 9.90 Å². The summed E-state index contributed by atoms with van der Waals surface area (Å²) >= 11 is 12.1. The van der Waals surface area contributed by atoms with Crippen LogP contribution in [0.1, 0.15) is 58.4 Å². The summed E-state index contributed by atoms with van der Waals surface area (Å²) in [5, 5.41) is 23.3. The Morgan fingerprint density at radius 1 is 1.24 bits per heavy atom. The molecule has 25 heavy (non-hydrogen) atoms. The van der Waals surface area contributed by atoms with Gasteiger partial charge < -0.3 is 10.4 Å². The van der Waals surface area contributed by atoms with Gasteiger partial charge in [-0.05, 0) is 58.6 Å². The van der Waals surface area contributed by atoms with Crippen LogP contribution in [0.15, 0.2) is 12.1 Å². The molecule has 0 unspecified atom stereocenters. The van der Waals surface area contributed by atoms with E-state index in [1.54, 1.807) is 6.07 Å². The van der Waals surface area contributed by atoms with Gasteiger partial charge in [0.2, 0.25) is 0 Å². The lowest BCUT2D eigenvalue weighted by Crippen LogP contribution is -2.64. The zero-order chi connectivity index (χ0) is 18.8. The van der Waals surface area contributed by atoms with Gasteiger partial charge in [-0.1, -0.05) is 29.6 Å². The molecule has 1 saturated carbocycles. The molecule has 0 aromatic heterocycles. The van der Waals surface area contributed by atoms with Crippen LogP contribution in [0, 0.1) is 11.3 Å². The van der Waals surface area contributed by atoms with E-state index in [9.17, 15) is 15.2 Å². The minimum absolute atomic E-state index is 0.298. The van der Waals surface area contributed by atoms with Crippen LogP contribution in [0.2, 0.25) is 10.0 Å². The van der Waals surface area contributed by atoms with Gasteiger partial charge in [-0.3, -0.25) is 4.90 Å². The second-order valence-corrected chi connectivity index (χ2v) is 8.24. The molecule has 0 saturated heterocycles. The van der Waals surface area contributed by atoms with Crippen molar-refractivity contribution in [2.45, 2.75) is 64.1 Å². The minimum Gasteiger partial charge on any atom is -0.465 e. The number of nitrogens with zero attached hydrogens (tertiary/aromatic N) is 2. The van der Waals surface area contributed by atoms with Crippen LogP contribution in [0.25, 0.3) is 0 Å². The summed E-state index contributed by atoms with van der Waals surface area (Å²) in [5.41, 5.74) is -0.530. The van der Waals surface area contributed by atoms with Crippen LogP contribution in [0.3, 0.4) is 0 Å². The van der Waals surface area contributed by atoms with Gasteiger partial charge in [0.05, 0.1) is 21.3 Å². The summed E-state index contributed by atoms with van der Waals surface area (Å²) in [4.78, 5) is 13.6. The predicted molar refractivity (Wildman–Crippen MR) is 100 cm³/mol. The highest BCUT2D eigenvalue weighted by Crippen LogP contribution is 2.40. The van der Waals surface area contributed by atoms with Crippen LogP contribution in [-0.4, -0.2) is 27.3 Å². The minimum atomic E-state index is -0.986. The molecule has 1 fully saturated rings. The van der Waals surface area contributed by atoms with Gasteiger partial charge >= 0.3 is 6.09 Å². The molecule has 0 bridgehead atoms. The van der Waals surface area contributed by atoms with E-state index in [1.165, 1.54) is 11.0 Å². The second kappa shape index (κ2) is 7.31. The lowest BCUT2D eigenvalue weighted by Gasteiger charge is -2.51. The average Bonchev–Trinajstić information content (AvgIpc) is 2.49. The molecular weight excluding hydrogens is 361 g/mol. The van der Waals surface area contributed by atoms with Crippen molar-refractivity contribution >= 4 is 35.0 Å². The van der Waals surface area contributed by atoms with Gasteiger partial charge in [-0.2, -0.15) is 5.26 Å². The van der Waals surface area contributed by atoms with E-state index in [1.807, 2.05) is 20.8 Å². The SMILES string of the molecule is CC(C)(C)N(C(=O)O)C1(Nc2cc(Cl)c(Cl)cc2C#N)CCCCC1. The fraction of sp³-hybridized carbons (Fsp3) is 0.556. The fourth-order valence-electron chi connectivity index (χ4n) is 3.65. The molecule has 136 valence electrons. The number of rotatable bonds is 3. The van der Waals surface area contributed by atoms with Gasteiger partial charge in [0, 0.05) is 5.54 Å². The molecule has 1 aliphatic carbocycles. The molecule has 2 rings (SSSR count). The summed E-state index contributed by atoms with van der Waals surface area (Å²) in [6.45, 7) is 5.62. The highest BCUT2D eigenvalue weighted by Gasteiger charge is 2.46. The standard InChI is InChI=1S/C18H23Cl2N3O2/c1-17(2,3)23(16(24)25)18(7-5-4-6-8-18)22-15-10-14(20)13(19)9-12(15)11-21/h9-10,22H,4-8H2,1-3H3,(H,24,25). The number of hydrogen-bond acceptors (Lipinski definition) is 3. The van der Waals surface area contributed by atoms with Crippen LogP contribution in [0.4, 0.5) is 10.5 Å². The summed E-state index contributed by atoms with van der Waals surface area (Å²) in [6, 6.07) is 5.21. The van der Waals surface area contributed by atoms with E-state index < -0.39 is 17.3 Å². The molecule has 7 heteroatoms. The second-order valence-electron chi connectivity index (χ2n) is 7.43. The number of nitrogens with one attached hydrogen (secondary N) is 1. The van der Waals surface area contributed by atoms with Crippen molar-refractivity contribution in [3.05, 3.63) is 27.7 Å². The molecule has 1 aromatic rings. The normalized spacial score (nSPS) is 16.8. The monoisotopic (exact) mass is 383 g/mol. The number of carbonyl (C=O) groups is 1. The Hall–Kier alpha value is -1.64. The first-order valence-corrected chi connectivity index (χ1v) is 9.07. The van der Waals surface area contributed by atoms with Crippen molar-refractivity contribution in [3.63, 3.8) is 0 Å². The first kappa shape index (κ1) is 19.7. The molecule has 0 aliphatic heterocycles. The Balaban J connectivity index is 2.54. The zero-order valence-electron chi connectivity index (χ0n) is 14.7. The molecule has 0 spiro atoms. The molecule has 0 heterocycles. The van der Waals surface area contributed by atoms with Crippen LogP contribution < -0.4 is 5.32 Å². The smallest absolute Gasteiger partial charge is 0.409 e. The summed E-state index contributed by atoms with van der Waals surface area (Å²) in [6.07, 6.45) is 3.24. The Kier molecular flexibility index (Phi) is 5.75. The number of carboxylic acid groups (broad SMARTS) is 1. The number of halogens is 2. The van der Waals surface area contributed by atoms with E-state index in [0.29, 0.717) is 34.1 Å². The quantitative estimate of drug-likeness (QED) is 0.654. The predicted octanol–water partition coefficient (Wildman–Crippen LogP) is 5.72. The molecule has 0 atom stereocenters. The number of benzene rings is 1. The van der Waals surface area contributed by atoms with Crippen molar-refractivity contribution in [3.8, 4) is 6.07 Å². The topological polar surface area (TPSA) is 76.4 Å². The molecule has 0 radical (unpaired) electrons. The first-order chi connectivity index (χ1) is 11.6. The molecule has 1 aromatic carbocycles. The third-order valence-corrected chi connectivity index (χ3v) is 5.24. The van der Waals surface area contributed by atoms with Crippen molar-refractivity contribution in [1.82, 2.24) is 4.90 Å². The summed E-state index contributed by atoms with van der Waals surface area (Å²) in [7, 11) is 0. The Bertz CT molecular complexity index is 701. The molecular formula is C18H23Cl2N3O2. The Morgan fingerprint density at radius 3 is 2.28 bits per heavy atom. The van der Waals surface area contributed by atoms with Crippen molar-refractivity contribution in [2.24, 2.45) is 0 Å². The Morgan fingerprint density at radius 2 is 1.80 bits per heavy atom. The van der Waals surface area contributed by atoms with Gasteiger partial charge in [0.15, 0.2) is 0 Å². The van der Waals surface area contributed by atoms with E-state index in [0.717, 1.165) is 19.3 Å². The molecule has 2 N–H and O–H groups in total. The maximum atomic E-state index is 12.1. The molecule has 5 nitrogen and oxygen atoms in total. The van der Waals surface area contributed by atoms with Gasteiger partial charge in [0.25, 0.3) is 0 Å². The number of anilines is 1. The van der Waals surface area contributed by atoms with E-state index >= 15 is 0 Å². The van der Waals surface area contributed by atoms with Gasteiger partial charge in [-0.15, -0.1) is 0 Å². The van der Waals surface area contributed by atoms with E-state index in [4.69, 9.17) is 23.2 Å². The Labute approximate surface area is 158 Å². The van der Waals surface area contributed by atoms with Crippen LogP contribution in [-0.2, 0) is 0 Å². The van der Waals surface area contributed by atoms with E-state index in [-0.39, 0.29) is 0 Å². The number of hydrogen-bond donors (Lipinski definition) is 2. The highest BCUT2D eigenvalue weighted by molar-refractivity contribution is 6.42. The van der Waals surface area contributed by atoms with Gasteiger partial charge in [-0.25, -0.2) is 4.79 Å². The van der Waals surface area contributed by atoms with Crippen LogP contribution >= 0.6 is 23.2 Å². The molecule has 1 aliphatic rings. The first-order valence-electron chi connectivity index (χ1n) is 8.31. The van der Waals surface area contributed by atoms with Crippen molar-refractivity contribution in [1.29, 1.82) is 5.26 Å². The van der Waals surface area contributed by atoms with E-state index in [2.05, 4.69) is 11.4 Å². The fourth-order valence-corrected chi connectivity index (χ4v) is 3.97. The third-order valence-electron chi connectivity index (χ3n) is 4.52. The number of amides is 1. The lowest BCUT2D eigenvalue weighted by atomic mass is 9.84. The van der Waals surface area contributed by atoms with Crippen molar-refractivity contribution in [2.75, 3.05) is 5.32 Å². The van der Waals surface area contributed by atoms with Crippen LogP contribution in [0.5, 0.6) is 0 Å². The third kappa shape index (κ3) is 4.13. The maximum Gasteiger partial charge on any atom is 0.409 e.